The molecule has 0 aliphatic carbocycles. The average Bonchev–Trinajstić information content (AvgIpc) is 3.28. The Bertz CT molecular complexity index is 1180. The van der Waals surface area contributed by atoms with Gasteiger partial charge in [-0.2, -0.15) is 5.26 Å². The molecule has 2 aliphatic heterocycles. The van der Waals surface area contributed by atoms with Gasteiger partial charge in [0.1, 0.15) is 16.9 Å². The molecule has 5 heterocycles. The molecule has 158 valence electrons. The fourth-order valence-electron chi connectivity index (χ4n) is 4.93. The molecule has 0 saturated carbocycles. The minimum absolute atomic E-state index is 0.127. The summed E-state index contributed by atoms with van der Waals surface area (Å²) >= 11 is 1.63. The highest BCUT2D eigenvalue weighted by Gasteiger charge is 2.36. The number of pyridine rings is 2. The molecule has 2 atom stereocenters. The predicted octanol–water partition coefficient (Wildman–Crippen LogP) is 2.83. The van der Waals surface area contributed by atoms with Crippen molar-refractivity contribution in [3.05, 3.63) is 74.2 Å². The standard InChI is InChI=1S/C23H24N6OS/c1-27(15-21-25-7-8-31-21)13-18-4-5-20-19-9-16(12-29(20)23(18)30)11-28(14-19)22-17(10-24)3-2-6-26-22/h2-8,16,19H,9,11-15H2,1H3/t16-,19+/m0/s1. The summed E-state index contributed by atoms with van der Waals surface area (Å²) in [6.45, 7) is 3.68. The van der Waals surface area contributed by atoms with Crippen molar-refractivity contribution in [2.24, 2.45) is 5.92 Å². The van der Waals surface area contributed by atoms with Crippen LogP contribution in [0.1, 0.15) is 34.2 Å². The van der Waals surface area contributed by atoms with Crippen LogP contribution in [0.4, 0.5) is 5.82 Å². The van der Waals surface area contributed by atoms with Crippen molar-refractivity contribution in [3.63, 3.8) is 0 Å². The second-order valence-corrected chi connectivity index (χ2v) is 9.47. The maximum atomic E-state index is 13.3. The van der Waals surface area contributed by atoms with Crippen molar-refractivity contribution in [3.8, 4) is 6.07 Å². The van der Waals surface area contributed by atoms with Gasteiger partial charge in [-0.15, -0.1) is 11.3 Å². The molecule has 0 aromatic carbocycles. The molecule has 1 fully saturated rings. The minimum Gasteiger partial charge on any atom is -0.355 e. The van der Waals surface area contributed by atoms with E-state index in [1.165, 1.54) is 0 Å². The van der Waals surface area contributed by atoms with E-state index in [1.807, 2.05) is 35.3 Å². The van der Waals surface area contributed by atoms with Crippen LogP contribution in [0.5, 0.6) is 0 Å². The largest absolute Gasteiger partial charge is 0.355 e. The summed E-state index contributed by atoms with van der Waals surface area (Å²) in [5, 5.41) is 12.5. The highest BCUT2D eigenvalue weighted by atomic mass is 32.1. The van der Waals surface area contributed by atoms with Crippen molar-refractivity contribution < 1.29 is 0 Å². The third kappa shape index (κ3) is 3.87. The van der Waals surface area contributed by atoms with E-state index in [1.54, 1.807) is 23.6 Å². The zero-order valence-corrected chi connectivity index (χ0v) is 18.3. The van der Waals surface area contributed by atoms with Crippen LogP contribution in [0, 0.1) is 17.2 Å². The molecular weight excluding hydrogens is 408 g/mol. The number of hydrogen-bond donors (Lipinski definition) is 0. The first-order chi connectivity index (χ1) is 15.1. The topological polar surface area (TPSA) is 78.1 Å². The summed E-state index contributed by atoms with van der Waals surface area (Å²) in [4.78, 5) is 26.5. The highest BCUT2D eigenvalue weighted by molar-refractivity contribution is 7.09. The van der Waals surface area contributed by atoms with Gasteiger partial charge in [-0.25, -0.2) is 9.97 Å². The van der Waals surface area contributed by atoms with Crippen LogP contribution in [0.15, 0.2) is 46.8 Å². The number of hydrogen-bond acceptors (Lipinski definition) is 7. The fourth-order valence-corrected chi connectivity index (χ4v) is 5.62. The van der Waals surface area contributed by atoms with Gasteiger partial charge in [0.05, 0.1) is 12.1 Å². The Morgan fingerprint density at radius 2 is 2.10 bits per heavy atom. The first-order valence-electron chi connectivity index (χ1n) is 10.5. The molecule has 0 spiro atoms. The Kier molecular flexibility index (Phi) is 5.30. The smallest absolute Gasteiger partial charge is 0.255 e. The monoisotopic (exact) mass is 432 g/mol. The summed E-state index contributed by atoms with van der Waals surface area (Å²) < 4.78 is 1.99. The molecule has 0 radical (unpaired) electrons. The predicted molar refractivity (Wildman–Crippen MR) is 120 cm³/mol. The molecule has 1 saturated heterocycles. The molecule has 5 rings (SSSR count). The van der Waals surface area contributed by atoms with Crippen molar-refractivity contribution in [2.75, 3.05) is 25.0 Å². The summed E-state index contributed by atoms with van der Waals surface area (Å²) in [6, 6.07) is 10.0. The van der Waals surface area contributed by atoms with Gasteiger partial charge in [0, 0.05) is 61.1 Å². The Hall–Kier alpha value is -3.02. The van der Waals surface area contributed by atoms with E-state index in [2.05, 4.69) is 31.9 Å². The lowest BCUT2D eigenvalue weighted by molar-refractivity contribution is 0.276. The molecule has 2 aliphatic rings. The van der Waals surface area contributed by atoms with Gasteiger partial charge in [0.25, 0.3) is 5.56 Å². The average molecular weight is 433 g/mol. The second kappa shape index (κ2) is 8.25. The van der Waals surface area contributed by atoms with Gasteiger partial charge in [-0.1, -0.05) is 6.07 Å². The van der Waals surface area contributed by atoms with E-state index < -0.39 is 0 Å². The molecule has 3 aromatic heterocycles. The third-order valence-electron chi connectivity index (χ3n) is 6.22. The number of nitrogens with zero attached hydrogens (tertiary/aromatic N) is 6. The normalized spacial score (nSPS) is 19.8. The Morgan fingerprint density at radius 3 is 2.90 bits per heavy atom. The Morgan fingerprint density at radius 1 is 1.19 bits per heavy atom. The lowest BCUT2D eigenvalue weighted by Crippen LogP contribution is -2.48. The molecule has 3 aromatic rings. The summed E-state index contributed by atoms with van der Waals surface area (Å²) in [5.41, 5.74) is 2.67. The molecule has 0 unspecified atom stereocenters. The molecule has 2 bridgehead atoms. The van der Waals surface area contributed by atoms with E-state index in [0.29, 0.717) is 18.0 Å². The number of nitriles is 1. The second-order valence-electron chi connectivity index (χ2n) is 8.49. The first kappa shape index (κ1) is 19.9. The van der Waals surface area contributed by atoms with Gasteiger partial charge in [0.2, 0.25) is 0 Å². The lowest BCUT2D eigenvalue weighted by Gasteiger charge is -2.43. The maximum absolute atomic E-state index is 13.3. The first-order valence-corrected chi connectivity index (χ1v) is 11.4. The van der Waals surface area contributed by atoms with Crippen molar-refractivity contribution >= 4 is 17.2 Å². The summed E-state index contributed by atoms with van der Waals surface area (Å²) in [6.07, 6.45) is 4.63. The van der Waals surface area contributed by atoms with Crippen molar-refractivity contribution in [1.29, 1.82) is 5.26 Å². The van der Waals surface area contributed by atoms with Crippen molar-refractivity contribution in [1.82, 2.24) is 19.4 Å². The van der Waals surface area contributed by atoms with Crippen LogP contribution in [0.25, 0.3) is 0 Å². The number of aromatic nitrogens is 3. The Balaban J connectivity index is 1.38. The number of anilines is 1. The zero-order chi connectivity index (χ0) is 21.4. The van der Waals surface area contributed by atoms with Gasteiger partial charge in [-0.3, -0.25) is 9.69 Å². The SMILES string of the molecule is CN(Cc1nccs1)Cc1ccc2n(c1=O)C[C@H]1C[C@@H]2CN(c2ncccc2C#N)C1. The van der Waals surface area contributed by atoms with Crippen LogP contribution in [0.3, 0.4) is 0 Å². The van der Waals surface area contributed by atoms with E-state index in [0.717, 1.165) is 54.7 Å². The molecule has 7 nitrogen and oxygen atoms in total. The maximum Gasteiger partial charge on any atom is 0.255 e. The Labute approximate surface area is 185 Å². The van der Waals surface area contributed by atoms with Gasteiger partial charge < -0.3 is 9.47 Å². The van der Waals surface area contributed by atoms with Crippen molar-refractivity contribution in [2.45, 2.75) is 32.0 Å². The van der Waals surface area contributed by atoms with Gasteiger partial charge in [0.15, 0.2) is 0 Å². The van der Waals surface area contributed by atoms with Crippen LogP contribution in [0.2, 0.25) is 0 Å². The third-order valence-corrected chi connectivity index (χ3v) is 6.98. The number of fused-ring (bicyclic) bond motifs is 4. The van der Waals surface area contributed by atoms with Crippen LogP contribution in [-0.4, -0.2) is 39.6 Å². The van der Waals surface area contributed by atoms with E-state index in [9.17, 15) is 10.1 Å². The number of rotatable bonds is 5. The summed E-state index contributed by atoms with van der Waals surface area (Å²) in [7, 11) is 2.03. The molecule has 0 N–H and O–H groups in total. The quantitative estimate of drug-likeness (QED) is 0.617. The van der Waals surface area contributed by atoms with Gasteiger partial charge in [-0.05, 0) is 37.6 Å². The van der Waals surface area contributed by atoms with Crippen LogP contribution in [-0.2, 0) is 19.6 Å². The summed E-state index contributed by atoms with van der Waals surface area (Å²) in [5.74, 6) is 1.41. The minimum atomic E-state index is 0.127. The molecule has 31 heavy (non-hydrogen) atoms. The zero-order valence-electron chi connectivity index (χ0n) is 17.4. The van der Waals surface area contributed by atoms with Crippen LogP contribution < -0.4 is 10.5 Å². The molecule has 8 heteroatoms. The van der Waals surface area contributed by atoms with Crippen LogP contribution >= 0.6 is 11.3 Å². The molecular formula is C23H24N6OS. The highest BCUT2D eigenvalue weighted by Crippen LogP contribution is 2.37. The van der Waals surface area contributed by atoms with E-state index in [-0.39, 0.29) is 11.5 Å². The van der Waals surface area contributed by atoms with E-state index in [4.69, 9.17) is 0 Å². The van der Waals surface area contributed by atoms with E-state index >= 15 is 0 Å². The number of thiazole rings is 1. The molecule has 0 amide bonds. The number of piperidine rings is 1. The van der Waals surface area contributed by atoms with Gasteiger partial charge >= 0.3 is 0 Å². The fraction of sp³-hybridized carbons (Fsp3) is 0.391. The lowest BCUT2D eigenvalue weighted by atomic mass is 9.83.